The van der Waals surface area contributed by atoms with Gasteiger partial charge in [-0.3, -0.25) is 0 Å². The van der Waals surface area contributed by atoms with Crippen LogP contribution in [0.1, 0.15) is 19.3 Å². The molecule has 0 radical (unpaired) electrons. The third-order valence-corrected chi connectivity index (χ3v) is 2.59. The minimum absolute atomic E-state index is 0.0440. The fourth-order valence-electron chi connectivity index (χ4n) is 1.97. The van der Waals surface area contributed by atoms with Crippen molar-refractivity contribution in [3.8, 4) is 0 Å². The average Bonchev–Trinajstić information content (AvgIpc) is 1.90. The molecule has 0 aromatic heterocycles. The van der Waals surface area contributed by atoms with E-state index in [1.165, 1.54) is 12.8 Å². The van der Waals surface area contributed by atoms with E-state index in [4.69, 9.17) is 0 Å². The Bertz CT molecular complexity index is 107. The molecule has 2 nitrogen and oxygen atoms in total. The van der Waals surface area contributed by atoms with Gasteiger partial charge in [-0.25, -0.2) is 0 Å². The van der Waals surface area contributed by atoms with Crippen LogP contribution in [0.25, 0.3) is 0 Å². The molecule has 3 aliphatic rings. The molecular formula is C7H13NO. The molecule has 0 spiro atoms. The van der Waals surface area contributed by atoms with Gasteiger partial charge in [-0.1, -0.05) is 0 Å². The average molecular weight is 127 g/mol. The highest BCUT2D eigenvalue weighted by atomic mass is 16.3. The van der Waals surface area contributed by atoms with E-state index >= 15 is 0 Å². The molecule has 2 saturated heterocycles. The second kappa shape index (κ2) is 1.96. The zero-order valence-electron chi connectivity index (χ0n) is 5.51. The topological polar surface area (TPSA) is 32.3 Å². The van der Waals surface area contributed by atoms with Crippen molar-refractivity contribution >= 4 is 0 Å². The Kier molecular flexibility index (Phi) is 1.24. The molecule has 0 aromatic carbocycles. The van der Waals surface area contributed by atoms with Crippen LogP contribution in [0.5, 0.6) is 0 Å². The summed E-state index contributed by atoms with van der Waals surface area (Å²) >= 11 is 0. The smallest absolute Gasteiger partial charge is 0.0696 e. The molecule has 1 saturated carbocycles. The summed E-state index contributed by atoms with van der Waals surface area (Å²) in [5, 5.41) is 12.7. The second-order valence-corrected chi connectivity index (χ2v) is 3.26. The number of hydrogen-bond acceptors (Lipinski definition) is 2. The van der Waals surface area contributed by atoms with E-state index in [2.05, 4.69) is 5.32 Å². The summed E-state index contributed by atoms with van der Waals surface area (Å²) < 4.78 is 0. The first-order valence-electron chi connectivity index (χ1n) is 3.78. The van der Waals surface area contributed by atoms with E-state index in [-0.39, 0.29) is 6.10 Å². The first-order chi connectivity index (χ1) is 4.36. The Labute approximate surface area is 55.3 Å². The fourth-order valence-corrected chi connectivity index (χ4v) is 1.97. The highest BCUT2D eigenvalue weighted by Gasteiger charge is 2.33. The SMILES string of the molecule is O[C@@H]1C[C@H]2CC[C@H]1NC2. The van der Waals surface area contributed by atoms with E-state index in [9.17, 15) is 5.11 Å². The van der Waals surface area contributed by atoms with Crippen LogP contribution in [0.3, 0.4) is 0 Å². The fraction of sp³-hybridized carbons (Fsp3) is 1.00. The molecule has 2 heteroatoms. The molecule has 0 aromatic rings. The second-order valence-electron chi connectivity index (χ2n) is 3.26. The third-order valence-electron chi connectivity index (χ3n) is 2.59. The summed E-state index contributed by atoms with van der Waals surface area (Å²) in [5.41, 5.74) is 0. The maximum atomic E-state index is 9.34. The summed E-state index contributed by atoms with van der Waals surface area (Å²) in [4.78, 5) is 0. The van der Waals surface area contributed by atoms with E-state index in [1.54, 1.807) is 0 Å². The first-order valence-corrected chi connectivity index (χ1v) is 3.78. The Balaban J connectivity index is 2.06. The molecule has 2 aliphatic heterocycles. The lowest BCUT2D eigenvalue weighted by molar-refractivity contribution is 0.0316. The number of aliphatic hydroxyl groups excluding tert-OH is 1. The molecule has 0 unspecified atom stereocenters. The summed E-state index contributed by atoms with van der Waals surface area (Å²) in [6, 6.07) is 0.426. The molecule has 0 amide bonds. The monoisotopic (exact) mass is 127 g/mol. The van der Waals surface area contributed by atoms with Crippen molar-refractivity contribution in [1.29, 1.82) is 0 Å². The molecule has 3 fully saturated rings. The van der Waals surface area contributed by atoms with Crippen molar-refractivity contribution in [3.63, 3.8) is 0 Å². The maximum absolute atomic E-state index is 9.34. The maximum Gasteiger partial charge on any atom is 0.0696 e. The van der Waals surface area contributed by atoms with Crippen molar-refractivity contribution < 1.29 is 5.11 Å². The van der Waals surface area contributed by atoms with Gasteiger partial charge < -0.3 is 10.4 Å². The summed E-state index contributed by atoms with van der Waals surface area (Å²) in [6.45, 7) is 1.14. The minimum Gasteiger partial charge on any atom is -0.391 e. The van der Waals surface area contributed by atoms with Gasteiger partial charge in [0, 0.05) is 6.04 Å². The lowest BCUT2D eigenvalue weighted by Gasteiger charge is -2.40. The van der Waals surface area contributed by atoms with Gasteiger partial charge in [0.25, 0.3) is 0 Å². The van der Waals surface area contributed by atoms with Crippen LogP contribution < -0.4 is 5.32 Å². The van der Waals surface area contributed by atoms with Crippen molar-refractivity contribution in [2.24, 2.45) is 5.92 Å². The van der Waals surface area contributed by atoms with Crippen molar-refractivity contribution in [2.75, 3.05) is 6.54 Å². The summed E-state index contributed by atoms with van der Waals surface area (Å²) in [7, 11) is 0. The Hall–Kier alpha value is -0.0800. The molecule has 2 bridgehead atoms. The zero-order chi connectivity index (χ0) is 6.27. The quantitative estimate of drug-likeness (QED) is 0.484. The van der Waals surface area contributed by atoms with Crippen LogP contribution in [-0.2, 0) is 0 Å². The standard InChI is InChI=1S/C7H13NO/c9-7-3-5-1-2-6(7)8-4-5/h5-9H,1-4H2/t5-,6-,7-/m1/s1. The van der Waals surface area contributed by atoms with Crippen LogP contribution in [0.4, 0.5) is 0 Å². The molecular weight excluding hydrogens is 114 g/mol. The summed E-state index contributed by atoms with van der Waals surface area (Å²) in [5.74, 6) is 0.769. The molecule has 1 aliphatic carbocycles. The van der Waals surface area contributed by atoms with Crippen LogP contribution in [0.2, 0.25) is 0 Å². The Morgan fingerprint density at radius 1 is 1.33 bits per heavy atom. The lowest BCUT2D eigenvalue weighted by atomic mass is 9.80. The van der Waals surface area contributed by atoms with Gasteiger partial charge in [-0.15, -0.1) is 0 Å². The van der Waals surface area contributed by atoms with Gasteiger partial charge in [-0.2, -0.15) is 0 Å². The van der Waals surface area contributed by atoms with E-state index < -0.39 is 0 Å². The Morgan fingerprint density at radius 3 is 2.44 bits per heavy atom. The van der Waals surface area contributed by atoms with E-state index in [1.807, 2.05) is 0 Å². The van der Waals surface area contributed by atoms with Gasteiger partial charge in [0.2, 0.25) is 0 Å². The highest BCUT2D eigenvalue weighted by Crippen LogP contribution is 2.28. The molecule has 3 rings (SSSR count). The van der Waals surface area contributed by atoms with E-state index in [0.29, 0.717) is 6.04 Å². The van der Waals surface area contributed by atoms with Gasteiger partial charge >= 0.3 is 0 Å². The highest BCUT2D eigenvalue weighted by molar-refractivity contribution is 4.90. The molecule has 52 valence electrons. The van der Waals surface area contributed by atoms with Crippen LogP contribution in [0, 0.1) is 5.92 Å². The molecule has 2 N–H and O–H groups in total. The van der Waals surface area contributed by atoms with Crippen LogP contribution >= 0.6 is 0 Å². The van der Waals surface area contributed by atoms with Crippen molar-refractivity contribution in [1.82, 2.24) is 5.32 Å². The number of fused-ring (bicyclic) bond motifs is 3. The van der Waals surface area contributed by atoms with Gasteiger partial charge in [0.1, 0.15) is 0 Å². The number of nitrogens with one attached hydrogen (secondary N) is 1. The van der Waals surface area contributed by atoms with Crippen LogP contribution in [-0.4, -0.2) is 23.8 Å². The van der Waals surface area contributed by atoms with Gasteiger partial charge in [-0.05, 0) is 31.7 Å². The van der Waals surface area contributed by atoms with Gasteiger partial charge in [0.15, 0.2) is 0 Å². The van der Waals surface area contributed by atoms with Crippen molar-refractivity contribution in [2.45, 2.75) is 31.4 Å². The predicted molar refractivity (Wildman–Crippen MR) is 35.1 cm³/mol. The van der Waals surface area contributed by atoms with Gasteiger partial charge in [0.05, 0.1) is 6.10 Å². The molecule has 9 heavy (non-hydrogen) atoms. The number of aliphatic hydroxyl groups is 1. The largest absolute Gasteiger partial charge is 0.391 e. The first kappa shape index (κ1) is 5.69. The summed E-state index contributed by atoms with van der Waals surface area (Å²) in [6.07, 6.45) is 3.51. The van der Waals surface area contributed by atoms with Crippen LogP contribution in [0.15, 0.2) is 0 Å². The minimum atomic E-state index is -0.0440. The lowest BCUT2D eigenvalue weighted by Crippen LogP contribution is -2.52. The van der Waals surface area contributed by atoms with E-state index in [0.717, 1.165) is 18.9 Å². The number of piperidine rings is 2. The van der Waals surface area contributed by atoms with Crippen molar-refractivity contribution in [3.05, 3.63) is 0 Å². The third kappa shape index (κ3) is 0.864. The molecule has 2 heterocycles. The Morgan fingerprint density at radius 2 is 2.22 bits per heavy atom. The molecule has 3 atom stereocenters. The number of hydrogen-bond donors (Lipinski definition) is 2. The zero-order valence-corrected chi connectivity index (χ0v) is 5.51. The predicted octanol–water partition coefficient (Wildman–Crippen LogP) is 0.119. The number of rotatable bonds is 0. The normalized spacial score (nSPS) is 49.7.